The van der Waals surface area contributed by atoms with Gasteiger partial charge in [0.05, 0.1) is 12.6 Å². The maximum absolute atomic E-state index is 13.6. The fourth-order valence-electron chi connectivity index (χ4n) is 3.72. The van der Waals surface area contributed by atoms with E-state index < -0.39 is 34.8 Å². The zero-order valence-corrected chi connectivity index (χ0v) is 18.6. The number of fused-ring (bicyclic) bond motifs is 1. The highest BCUT2D eigenvalue weighted by molar-refractivity contribution is 5.91. The third kappa shape index (κ3) is 5.23. The third-order valence-corrected chi connectivity index (χ3v) is 5.43. The van der Waals surface area contributed by atoms with Gasteiger partial charge >= 0.3 is 5.91 Å². The van der Waals surface area contributed by atoms with E-state index in [-0.39, 0.29) is 17.8 Å². The number of carbonyl (C=O) groups is 2. The van der Waals surface area contributed by atoms with Crippen molar-refractivity contribution in [3.8, 4) is 5.82 Å². The molecule has 0 aliphatic heterocycles. The monoisotopic (exact) mass is 479 g/mol. The first-order valence-corrected chi connectivity index (χ1v) is 10.6. The lowest BCUT2D eigenvalue weighted by molar-refractivity contribution is -0.792. The fraction of sp³-hybridized carbons (Fsp3) is 0.167. The summed E-state index contributed by atoms with van der Waals surface area (Å²) >= 11 is 0. The molecule has 2 aromatic carbocycles. The van der Waals surface area contributed by atoms with E-state index in [0.717, 1.165) is 0 Å². The van der Waals surface area contributed by atoms with Crippen molar-refractivity contribution >= 4 is 22.7 Å². The number of nitrogens with zero attached hydrogens (tertiary/aromatic N) is 3. The minimum Gasteiger partial charge on any atom is -0.626 e. The molecule has 2 amide bonds. The van der Waals surface area contributed by atoms with Crippen molar-refractivity contribution in [3.05, 3.63) is 95.2 Å². The highest BCUT2D eigenvalue weighted by Gasteiger charge is 2.36. The lowest BCUT2D eigenvalue weighted by Gasteiger charge is -2.32. The number of pyridine rings is 1. The Morgan fingerprint density at radius 1 is 1.20 bits per heavy atom. The summed E-state index contributed by atoms with van der Waals surface area (Å²) in [6.07, 6.45) is 1.00. The second-order valence-corrected chi connectivity index (χ2v) is 7.76. The molecule has 4 aromatic rings. The predicted octanol–water partition coefficient (Wildman–Crippen LogP) is 0.732. The van der Waals surface area contributed by atoms with E-state index >= 15 is 0 Å². The zero-order chi connectivity index (χ0) is 24.9. The maximum atomic E-state index is 13.6. The number of aliphatic hydroxyl groups excluding tert-OH is 1. The highest BCUT2D eigenvalue weighted by atomic mass is 19.1. The van der Waals surface area contributed by atoms with Gasteiger partial charge in [0.2, 0.25) is 0 Å². The molecule has 3 unspecified atom stereocenters. The Bertz CT molecular complexity index is 1350. The van der Waals surface area contributed by atoms with Crippen LogP contribution in [0.1, 0.15) is 15.9 Å². The van der Waals surface area contributed by atoms with E-state index in [1.807, 2.05) is 5.48 Å². The quantitative estimate of drug-likeness (QED) is 0.317. The molecule has 0 aliphatic rings. The molecule has 10 nitrogen and oxygen atoms in total. The first kappa shape index (κ1) is 24.1. The summed E-state index contributed by atoms with van der Waals surface area (Å²) in [6, 6.07) is 14.2. The van der Waals surface area contributed by atoms with E-state index in [1.165, 1.54) is 54.5 Å². The minimum absolute atomic E-state index is 0.0525. The van der Waals surface area contributed by atoms with Crippen molar-refractivity contribution < 1.29 is 29.0 Å². The second kappa shape index (κ2) is 10.5. The normalized spacial score (nSPS) is 13.8. The first-order valence-electron chi connectivity index (χ1n) is 10.6. The summed E-state index contributed by atoms with van der Waals surface area (Å²) < 4.78 is 14.9. The second-order valence-electron chi connectivity index (χ2n) is 7.76. The number of aliphatic hydroxyl groups is 1. The summed E-state index contributed by atoms with van der Waals surface area (Å²) in [5.74, 6) is -2.31. The van der Waals surface area contributed by atoms with Gasteiger partial charge < -0.3 is 10.3 Å². The lowest BCUT2D eigenvalue weighted by Crippen LogP contribution is -3.16. The molecule has 3 N–H and O–H groups in total. The van der Waals surface area contributed by atoms with Gasteiger partial charge in [0.15, 0.2) is 11.9 Å². The number of halogens is 1. The summed E-state index contributed by atoms with van der Waals surface area (Å²) in [5.41, 5.74) is 3.03. The average Bonchev–Trinajstić information content (AvgIpc) is 3.30. The standard InChI is InChI=1S/C24H22FN5O5/c1-35-28-23(32)21(31)20(12-15-6-3-2-4-7-15)30(34)24(33)18-8-5-11-26-22(18)29-14-16-13-17(25)9-10-19(16)27-29/h2-11,13-14,20-21,30-31H,12H2,1H3,(H,28,32). The molecule has 180 valence electrons. The number of carbonyl (C=O) groups excluding carboxylic acids is 2. The van der Waals surface area contributed by atoms with E-state index in [4.69, 9.17) is 0 Å². The molecule has 0 radical (unpaired) electrons. The molecule has 4 rings (SSSR count). The van der Waals surface area contributed by atoms with Gasteiger partial charge in [-0.05, 0) is 35.9 Å². The van der Waals surface area contributed by atoms with E-state index in [1.54, 1.807) is 30.3 Å². The zero-order valence-electron chi connectivity index (χ0n) is 18.6. The molecule has 0 fully saturated rings. The average molecular weight is 479 g/mol. The van der Waals surface area contributed by atoms with Gasteiger partial charge in [0, 0.05) is 24.2 Å². The van der Waals surface area contributed by atoms with Crippen LogP contribution in [0.25, 0.3) is 16.7 Å². The minimum atomic E-state index is -1.85. The Morgan fingerprint density at radius 3 is 2.71 bits per heavy atom. The number of hydrogen-bond acceptors (Lipinski definition) is 7. The summed E-state index contributed by atoms with van der Waals surface area (Å²) in [5, 5.41) is 27.8. The molecule has 0 spiro atoms. The summed E-state index contributed by atoms with van der Waals surface area (Å²) in [6.45, 7) is 0. The SMILES string of the molecule is CONC(=O)C(O)C(Cc1ccccc1)[NH+]([O-])C(=O)c1cccnc1-n1cc2cc(F)ccc2n1. The van der Waals surface area contributed by atoms with E-state index in [0.29, 0.717) is 16.5 Å². The van der Waals surface area contributed by atoms with Crippen molar-refractivity contribution in [1.82, 2.24) is 20.2 Å². The summed E-state index contributed by atoms with van der Waals surface area (Å²) in [7, 11) is 1.19. The topological polar surface area (TPSA) is 134 Å². The molecule has 2 heterocycles. The van der Waals surface area contributed by atoms with Crippen molar-refractivity contribution in [1.29, 1.82) is 0 Å². The van der Waals surface area contributed by atoms with Crippen LogP contribution in [0.15, 0.2) is 73.1 Å². The molecule has 11 heteroatoms. The van der Waals surface area contributed by atoms with Crippen LogP contribution in [0.3, 0.4) is 0 Å². The van der Waals surface area contributed by atoms with Gasteiger partial charge in [0.1, 0.15) is 17.4 Å². The number of nitrogens with one attached hydrogen (secondary N) is 2. The molecular weight excluding hydrogens is 457 g/mol. The Morgan fingerprint density at radius 2 is 1.97 bits per heavy atom. The summed E-state index contributed by atoms with van der Waals surface area (Å²) in [4.78, 5) is 34.4. The van der Waals surface area contributed by atoms with Gasteiger partial charge in [-0.3, -0.25) is 14.7 Å². The molecule has 0 saturated heterocycles. The van der Waals surface area contributed by atoms with Gasteiger partial charge in [-0.1, -0.05) is 30.3 Å². The molecular formula is C24H22FN5O5. The number of hydroxylamine groups is 3. The van der Waals surface area contributed by atoms with E-state index in [2.05, 4.69) is 14.9 Å². The number of hydrogen-bond donors (Lipinski definition) is 3. The van der Waals surface area contributed by atoms with Crippen LogP contribution < -0.4 is 10.5 Å². The van der Waals surface area contributed by atoms with Crippen LogP contribution in [0.4, 0.5) is 4.39 Å². The number of quaternary nitrogens is 1. The van der Waals surface area contributed by atoms with Crippen LogP contribution in [-0.2, 0) is 16.1 Å². The van der Waals surface area contributed by atoms with Crippen molar-refractivity contribution in [2.24, 2.45) is 0 Å². The fourth-order valence-corrected chi connectivity index (χ4v) is 3.72. The van der Waals surface area contributed by atoms with Gasteiger partial charge in [0.25, 0.3) is 5.91 Å². The van der Waals surface area contributed by atoms with Gasteiger partial charge in [-0.2, -0.15) is 5.10 Å². The molecule has 35 heavy (non-hydrogen) atoms. The Labute approximate surface area is 199 Å². The van der Waals surface area contributed by atoms with Gasteiger partial charge in [-0.15, -0.1) is 0 Å². The molecule has 0 aliphatic carbocycles. The third-order valence-electron chi connectivity index (χ3n) is 5.43. The lowest BCUT2D eigenvalue weighted by atomic mass is 10.00. The van der Waals surface area contributed by atoms with Crippen LogP contribution in [0.2, 0.25) is 0 Å². The first-order chi connectivity index (χ1) is 16.9. The smallest absolute Gasteiger partial charge is 0.348 e. The van der Waals surface area contributed by atoms with Crippen molar-refractivity contribution in [2.45, 2.75) is 18.6 Å². The highest BCUT2D eigenvalue weighted by Crippen LogP contribution is 2.18. The number of aromatic nitrogens is 3. The van der Waals surface area contributed by atoms with Crippen LogP contribution in [0.5, 0.6) is 0 Å². The maximum Gasteiger partial charge on any atom is 0.348 e. The van der Waals surface area contributed by atoms with Crippen molar-refractivity contribution in [3.63, 3.8) is 0 Å². The number of rotatable bonds is 8. The van der Waals surface area contributed by atoms with Crippen LogP contribution in [0, 0.1) is 11.0 Å². The Hall–Kier alpha value is -4.03. The van der Waals surface area contributed by atoms with Crippen LogP contribution >= 0.6 is 0 Å². The predicted molar refractivity (Wildman–Crippen MR) is 123 cm³/mol. The van der Waals surface area contributed by atoms with Crippen molar-refractivity contribution in [2.75, 3.05) is 7.11 Å². The van der Waals surface area contributed by atoms with Crippen LogP contribution in [-0.4, -0.2) is 50.9 Å². The number of benzene rings is 2. The molecule has 3 atom stereocenters. The van der Waals surface area contributed by atoms with E-state index in [9.17, 15) is 24.3 Å². The Balaban J connectivity index is 1.69. The molecule has 0 bridgehead atoms. The molecule has 2 aromatic heterocycles. The largest absolute Gasteiger partial charge is 0.626 e. The number of amides is 2. The Kier molecular flexibility index (Phi) is 7.22. The molecule has 0 saturated carbocycles. The van der Waals surface area contributed by atoms with Gasteiger partial charge in [-0.25, -0.2) is 24.3 Å².